The maximum atomic E-state index is 12.4. The molecular formula is C17H25N3O. The minimum absolute atomic E-state index is 0.146. The molecule has 2 aliphatic heterocycles. The van der Waals surface area contributed by atoms with Crippen molar-refractivity contribution >= 4 is 5.91 Å². The summed E-state index contributed by atoms with van der Waals surface area (Å²) in [5, 5.41) is 2.04. The van der Waals surface area contributed by atoms with Crippen LogP contribution in [0.1, 0.15) is 31.4 Å². The Morgan fingerprint density at radius 2 is 1.95 bits per heavy atom. The van der Waals surface area contributed by atoms with Gasteiger partial charge >= 0.3 is 0 Å². The fourth-order valence-corrected chi connectivity index (χ4v) is 3.39. The monoisotopic (exact) mass is 287 g/mol. The number of hydrogen-bond donors (Lipinski definition) is 1. The average molecular weight is 287 g/mol. The number of benzene rings is 1. The molecule has 3 rings (SSSR count). The van der Waals surface area contributed by atoms with E-state index in [1.165, 1.54) is 11.1 Å². The lowest BCUT2D eigenvalue weighted by atomic mass is 10.1. The van der Waals surface area contributed by atoms with Gasteiger partial charge in [-0.15, -0.1) is 0 Å². The summed E-state index contributed by atoms with van der Waals surface area (Å²) in [5.41, 5.74) is 5.76. The molecule has 0 spiro atoms. The summed E-state index contributed by atoms with van der Waals surface area (Å²) in [6.45, 7) is 9.17. The van der Waals surface area contributed by atoms with Crippen molar-refractivity contribution in [2.75, 3.05) is 19.6 Å². The molecule has 0 unspecified atom stereocenters. The Morgan fingerprint density at radius 1 is 1.29 bits per heavy atom. The van der Waals surface area contributed by atoms with Gasteiger partial charge in [0.1, 0.15) is 0 Å². The third-order valence-electron chi connectivity index (χ3n) is 4.38. The first-order valence-corrected chi connectivity index (χ1v) is 7.96. The van der Waals surface area contributed by atoms with E-state index in [1.807, 2.05) is 5.01 Å². The van der Waals surface area contributed by atoms with Gasteiger partial charge in [-0.25, -0.2) is 5.01 Å². The number of nitrogens with zero attached hydrogens (tertiary/aromatic N) is 2. The molecular weight excluding hydrogens is 262 g/mol. The van der Waals surface area contributed by atoms with Crippen molar-refractivity contribution in [3.63, 3.8) is 0 Å². The number of hydrazine groups is 1. The predicted molar refractivity (Wildman–Crippen MR) is 83.2 cm³/mol. The number of carbonyl (C=O) groups excluding carboxylic acids is 1. The van der Waals surface area contributed by atoms with Crippen LogP contribution < -0.4 is 5.43 Å². The predicted octanol–water partition coefficient (Wildman–Crippen LogP) is 2.01. The summed E-state index contributed by atoms with van der Waals surface area (Å²) in [7, 11) is 0. The van der Waals surface area contributed by atoms with Crippen LogP contribution in [0.15, 0.2) is 24.3 Å². The van der Waals surface area contributed by atoms with E-state index in [1.54, 1.807) is 0 Å². The minimum Gasteiger partial charge on any atom is -0.302 e. The van der Waals surface area contributed by atoms with Gasteiger partial charge in [0, 0.05) is 26.2 Å². The lowest BCUT2D eigenvalue weighted by molar-refractivity contribution is -0.129. The highest BCUT2D eigenvalue weighted by molar-refractivity contribution is 5.78. The Bertz CT molecular complexity index is 490. The smallest absolute Gasteiger partial charge is 0.238 e. The van der Waals surface area contributed by atoms with E-state index in [-0.39, 0.29) is 11.8 Å². The molecule has 1 atom stereocenters. The van der Waals surface area contributed by atoms with Crippen LogP contribution >= 0.6 is 0 Å². The van der Waals surface area contributed by atoms with Crippen LogP contribution in [0, 0.1) is 11.8 Å². The Hall–Kier alpha value is -1.39. The van der Waals surface area contributed by atoms with Crippen molar-refractivity contribution in [2.45, 2.75) is 33.4 Å². The minimum atomic E-state index is 0.146. The molecule has 2 heterocycles. The summed E-state index contributed by atoms with van der Waals surface area (Å²) >= 11 is 0. The molecule has 1 aromatic carbocycles. The van der Waals surface area contributed by atoms with Crippen molar-refractivity contribution < 1.29 is 4.79 Å². The SMILES string of the molecule is CC(C)CN1CC[C@@H](C(=O)NN2Cc3ccccc3C2)C1. The van der Waals surface area contributed by atoms with Gasteiger partial charge in [0.2, 0.25) is 5.91 Å². The average Bonchev–Trinajstić information content (AvgIpc) is 3.03. The zero-order valence-electron chi connectivity index (χ0n) is 13.0. The molecule has 21 heavy (non-hydrogen) atoms. The van der Waals surface area contributed by atoms with Crippen LogP contribution in [0.25, 0.3) is 0 Å². The zero-order valence-corrected chi connectivity index (χ0v) is 13.0. The topological polar surface area (TPSA) is 35.6 Å². The highest BCUT2D eigenvalue weighted by atomic mass is 16.2. The second-order valence-electron chi connectivity index (χ2n) is 6.74. The van der Waals surface area contributed by atoms with Gasteiger partial charge in [-0.2, -0.15) is 0 Å². The molecule has 0 radical (unpaired) electrons. The third-order valence-corrected chi connectivity index (χ3v) is 4.38. The van der Waals surface area contributed by atoms with Crippen LogP contribution in [0.3, 0.4) is 0 Å². The van der Waals surface area contributed by atoms with E-state index in [4.69, 9.17) is 0 Å². The first-order chi connectivity index (χ1) is 10.1. The van der Waals surface area contributed by atoms with Crippen LogP contribution in [-0.4, -0.2) is 35.5 Å². The summed E-state index contributed by atoms with van der Waals surface area (Å²) in [6, 6.07) is 8.40. The van der Waals surface area contributed by atoms with Crippen LogP contribution in [0.5, 0.6) is 0 Å². The Kier molecular flexibility index (Phi) is 4.27. The standard InChI is InChI=1S/C17H25N3O/c1-13(2)9-19-8-7-16(10-19)17(21)18-20-11-14-5-3-4-6-15(14)12-20/h3-6,13,16H,7-12H2,1-2H3,(H,18,21)/t16-/m1/s1. The van der Waals surface area contributed by atoms with Crippen LogP contribution in [0.2, 0.25) is 0 Å². The van der Waals surface area contributed by atoms with Crippen molar-refractivity contribution in [3.8, 4) is 0 Å². The van der Waals surface area contributed by atoms with Crippen molar-refractivity contribution in [3.05, 3.63) is 35.4 Å². The van der Waals surface area contributed by atoms with E-state index in [0.29, 0.717) is 5.92 Å². The molecule has 0 bridgehead atoms. The Morgan fingerprint density at radius 3 is 2.57 bits per heavy atom. The Labute approximate surface area is 127 Å². The lowest BCUT2D eigenvalue weighted by Crippen LogP contribution is -2.42. The fourth-order valence-electron chi connectivity index (χ4n) is 3.39. The molecule has 1 amide bonds. The maximum Gasteiger partial charge on any atom is 0.238 e. The number of carbonyl (C=O) groups is 1. The molecule has 1 aromatic rings. The fraction of sp³-hybridized carbons (Fsp3) is 0.588. The number of hydrogen-bond acceptors (Lipinski definition) is 3. The maximum absolute atomic E-state index is 12.4. The number of nitrogens with one attached hydrogen (secondary N) is 1. The molecule has 1 N–H and O–H groups in total. The first kappa shape index (κ1) is 14.5. The lowest BCUT2D eigenvalue weighted by Gasteiger charge is -2.20. The highest BCUT2D eigenvalue weighted by Crippen LogP contribution is 2.22. The van der Waals surface area contributed by atoms with Gasteiger partial charge in [0.05, 0.1) is 5.92 Å². The summed E-state index contributed by atoms with van der Waals surface area (Å²) in [5.74, 6) is 1.00. The quantitative estimate of drug-likeness (QED) is 0.920. The molecule has 0 saturated carbocycles. The second-order valence-corrected chi connectivity index (χ2v) is 6.74. The van der Waals surface area contributed by atoms with Crippen molar-refractivity contribution in [2.24, 2.45) is 11.8 Å². The normalized spacial score (nSPS) is 22.7. The van der Waals surface area contributed by atoms with Crippen molar-refractivity contribution in [1.29, 1.82) is 0 Å². The molecule has 2 aliphatic rings. The summed E-state index contributed by atoms with van der Waals surface area (Å²) in [4.78, 5) is 14.8. The third kappa shape index (κ3) is 3.44. The second kappa shape index (κ2) is 6.16. The Balaban J connectivity index is 1.50. The highest BCUT2D eigenvalue weighted by Gasteiger charge is 2.30. The van der Waals surface area contributed by atoms with Gasteiger partial charge < -0.3 is 4.90 Å². The van der Waals surface area contributed by atoms with E-state index in [2.05, 4.69) is 48.4 Å². The molecule has 1 saturated heterocycles. The molecule has 1 fully saturated rings. The molecule has 0 aliphatic carbocycles. The van der Waals surface area contributed by atoms with E-state index in [9.17, 15) is 4.79 Å². The largest absolute Gasteiger partial charge is 0.302 e. The molecule has 114 valence electrons. The first-order valence-electron chi connectivity index (χ1n) is 7.96. The molecule has 0 aromatic heterocycles. The number of rotatable bonds is 4. The van der Waals surface area contributed by atoms with Gasteiger partial charge in [-0.05, 0) is 30.0 Å². The number of likely N-dealkylation sites (tertiary alicyclic amines) is 1. The van der Waals surface area contributed by atoms with Gasteiger partial charge in [-0.1, -0.05) is 38.1 Å². The molecule has 4 heteroatoms. The number of fused-ring (bicyclic) bond motifs is 1. The number of amides is 1. The van der Waals surface area contributed by atoms with E-state index in [0.717, 1.165) is 39.1 Å². The van der Waals surface area contributed by atoms with Gasteiger partial charge in [-0.3, -0.25) is 10.2 Å². The van der Waals surface area contributed by atoms with Crippen LogP contribution in [0.4, 0.5) is 0 Å². The van der Waals surface area contributed by atoms with E-state index >= 15 is 0 Å². The molecule has 4 nitrogen and oxygen atoms in total. The van der Waals surface area contributed by atoms with Crippen LogP contribution in [-0.2, 0) is 17.9 Å². The van der Waals surface area contributed by atoms with Gasteiger partial charge in [0.15, 0.2) is 0 Å². The zero-order chi connectivity index (χ0) is 14.8. The summed E-state index contributed by atoms with van der Waals surface area (Å²) in [6.07, 6.45) is 0.985. The summed E-state index contributed by atoms with van der Waals surface area (Å²) < 4.78 is 0. The van der Waals surface area contributed by atoms with E-state index < -0.39 is 0 Å². The van der Waals surface area contributed by atoms with Crippen molar-refractivity contribution in [1.82, 2.24) is 15.3 Å². The van der Waals surface area contributed by atoms with Gasteiger partial charge in [0.25, 0.3) is 0 Å².